The Hall–Kier alpha value is -3.52. The molecule has 2 heterocycles. The molecule has 0 bridgehead atoms. The summed E-state index contributed by atoms with van der Waals surface area (Å²) in [5, 5.41) is 0.472. The van der Waals surface area contributed by atoms with Crippen molar-refractivity contribution in [3.63, 3.8) is 0 Å². The summed E-state index contributed by atoms with van der Waals surface area (Å²) >= 11 is 1.38. The van der Waals surface area contributed by atoms with Crippen LogP contribution in [0.1, 0.15) is 19.8 Å². The fourth-order valence-corrected chi connectivity index (χ4v) is 5.53. The Morgan fingerprint density at radius 3 is 2.45 bits per heavy atom. The summed E-state index contributed by atoms with van der Waals surface area (Å²) in [6.45, 7) is 1.61. The van der Waals surface area contributed by atoms with Crippen LogP contribution in [0.2, 0.25) is 0 Å². The summed E-state index contributed by atoms with van der Waals surface area (Å²) < 4.78 is 6.29. The SMILES string of the molecule is COc1cccc(N(C(=O)[C@H](C)N2C(=O)[C@H]3CC=CC[C@H]3C2=O)c2nc3ccccc3s2)c1. The molecule has 33 heavy (non-hydrogen) atoms. The predicted molar refractivity (Wildman–Crippen MR) is 126 cm³/mol. The van der Waals surface area contributed by atoms with Gasteiger partial charge in [0.15, 0.2) is 5.13 Å². The summed E-state index contributed by atoms with van der Waals surface area (Å²) in [5.41, 5.74) is 1.33. The summed E-state index contributed by atoms with van der Waals surface area (Å²) in [4.78, 5) is 47.4. The fourth-order valence-electron chi connectivity index (χ4n) is 4.54. The molecule has 1 saturated heterocycles. The molecule has 5 rings (SSSR count). The molecule has 0 spiro atoms. The van der Waals surface area contributed by atoms with E-state index >= 15 is 0 Å². The van der Waals surface area contributed by atoms with Gasteiger partial charge in [-0.15, -0.1) is 0 Å². The Kier molecular flexibility index (Phi) is 5.46. The highest BCUT2D eigenvalue weighted by molar-refractivity contribution is 7.22. The van der Waals surface area contributed by atoms with E-state index in [-0.39, 0.29) is 23.7 Å². The molecule has 1 fully saturated rings. The van der Waals surface area contributed by atoms with Crippen molar-refractivity contribution < 1.29 is 19.1 Å². The number of nitrogens with zero attached hydrogens (tertiary/aromatic N) is 3. The largest absolute Gasteiger partial charge is 0.497 e. The van der Waals surface area contributed by atoms with E-state index in [4.69, 9.17) is 4.74 Å². The first-order chi connectivity index (χ1) is 16.0. The average molecular weight is 462 g/mol. The van der Waals surface area contributed by atoms with Crippen LogP contribution in [-0.4, -0.2) is 40.8 Å². The number of anilines is 2. The molecule has 0 N–H and O–H groups in total. The van der Waals surface area contributed by atoms with E-state index in [2.05, 4.69) is 4.98 Å². The summed E-state index contributed by atoms with van der Waals surface area (Å²) in [5.74, 6) is -1.12. The third-order valence-electron chi connectivity index (χ3n) is 6.29. The number of hydrogen-bond acceptors (Lipinski definition) is 6. The van der Waals surface area contributed by atoms with Gasteiger partial charge < -0.3 is 4.74 Å². The van der Waals surface area contributed by atoms with Gasteiger partial charge in [0.2, 0.25) is 11.8 Å². The third kappa shape index (κ3) is 3.60. The van der Waals surface area contributed by atoms with Crippen molar-refractivity contribution in [2.45, 2.75) is 25.8 Å². The lowest BCUT2D eigenvalue weighted by molar-refractivity contribution is -0.146. The zero-order valence-corrected chi connectivity index (χ0v) is 19.1. The molecule has 8 heteroatoms. The molecule has 168 valence electrons. The van der Waals surface area contributed by atoms with Gasteiger partial charge in [0.25, 0.3) is 5.91 Å². The number of fused-ring (bicyclic) bond motifs is 2. The number of amides is 3. The molecule has 3 amide bonds. The number of ether oxygens (including phenoxy) is 1. The van der Waals surface area contributed by atoms with Gasteiger partial charge in [-0.1, -0.05) is 41.7 Å². The van der Waals surface area contributed by atoms with Gasteiger partial charge in [-0.05, 0) is 44.0 Å². The molecule has 0 unspecified atom stereocenters. The molecular formula is C25H23N3O4S. The van der Waals surface area contributed by atoms with Gasteiger partial charge in [-0.2, -0.15) is 0 Å². The maximum Gasteiger partial charge on any atom is 0.256 e. The van der Waals surface area contributed by atoms with Crippen LogP contribution in [0.5, 0.6) is 5.75 Å². The van der Waals surface area contributed by atoms with Gasteiger partial charge in [-0.25, -0.2) is 4.98 Å². The van der Waals surface area contributed by atoms with Gasteiger partial charge in [-0.3, -0.25) is 24.2 Å². The first-order valence-corrected chi connectivity index (χ1v) is 11.7. The number of allylic oxidation sites excluding steroid dienone is 2. The van der Waals surface area contributed by atoms with Crippen LogP contribution in [0.15, 0.2) is 60.7 Å². The maximum absolute atomic E-state index is 13.9. The van der Waals surface area contributed by atoms with Gasteiger partial charge in [0.05, 0.1) is 34.8 Å². The van der Waals surface area contributed by atoms with E-state index in [1.807, 2.05) is 36.4 Å². The van der Waals surface area contributed by atoms with Crippen LogP contribution in [0.4, 0.5) is 10.8 Å². The molecule has 2 aliphatic rings. The molecular weight excluding hydrogens is 438 g/mol. The molecule has 7 nitrogen and oxygen atoms in total. The van der Waals surface area contributed by atoms with Crippen LogP contribution in [0.3, 0.4) is 0 Å². The molecule has 1 aromatic heterocycles. The van der Waals surface area contributed by atoms with Gasteiger partial charge in [0.1, 0.15) is 11.8 Å². The minimum Gasteiger partial charge on any atom is -0.497 e. The maximum atomic E-state index is 13.9. The molecule has 3 atom stereocenters. The zero-order valence-electron chi connectivity index (χ0n) is 18.3. The number of hydrogen-bond donors (Lipinski definition) is 0. The number of para-hydroxylation sites is 1. The van der Waals surface area contributed by atoms with Crippen LogP contribution < -0.4 is 9.64 Å². The fraction of sp³-hybridized carbons (Fsp3) is 0.280. The first-order valence-electron chi connectivity index (χ1n) is 10.8. The minimum atomic E-state index is -0.964. The Bertz CT molecular complexity index is 1220. The van der Waals surface area contributed by atoms with Crippen LogP contribution in [-0.2, 0) is 14.4 Å². The second-order valence-corrected chi connectivity index (χ2v) is 9.23. The molecule has 1 aliphatic carbocycles. The number of carbonyl (C=O) groups excluding carboxylic acids is 3. The summed E-state index contributed by atoms with van der Waals surface area (Å²) in [6, 6.07) is 13.8. The Balaban J connectivity index is 1.55. The van der Waals surface area contributed by atoms with Crippen molar-refractivity contribution in [1.82, 2.24) is 9.88 Å². The highest BCUT2D eigenvalue weighted by Crippen LogP contribution is 2.39. The van der Waals surface area contributed by atoms with E-state index in [1.54, 1.807) is 38.3 Å². The number of aromatic nitrogens is 1. The van der Waals surface area contributed by atoms with Crippen LogP contribution in [0, 0.1) is 11.8 Å². The number of carbonyl (C=O) groups is 3. The molecule has 0 radical (unpaired) electrons. The third-order valence-corrected chi connectivity index (χ3v) is 7.31. The minimum absolute atomic E-state index is 0.273. The Morgan fingerprint density at radius 1 is 1.09 bits per heavy atom. The molecule has 1 aliphatic heterocycles. The smallest absolute Gasteiger partial charge is 0.256 e. The van der Waals surface area contributed by atoms with Crippen molar-refractivity contribution in [3.8, 4) is 5.75 Å². The first kappa shape index (κ1) is 21.3. The summed E-state index contributed by atoms with van der Waals surface area (Å²) in [6.07, 6.45) is 4.94. The number of thiazole rings is 1. The second-order valence-electron chi connectivity index (χ2n) is 8.22. The monoisotopic (exact) mass is 461 g/mol. The lowest BCUT2D eigenvalue weighted by Crippen LogP contribution is -2.48. The summed E-state index contributed by atoms with van der Waals surface area (Å²) in [7, 11) is 1.56. The molecule has 3 aromatic rings. The number of likely N-dealkylation sites (tertiary alicyclic amines) is 1. The van der Waals surface area contributed by atoms with Crippen molar-refractivity contribution in [2.24, 2.45) is 11.8 Å². The normalized spacial score (nSPS) is 20.7. The van der Waals surface area contributed by atoms with E-state index in [0.717, 1.165) is 15.1 Å². The van der Waals surface area contributed by atoms with E-state index < -0.39 is 11.9 Å². The lowest BCUT2D eigenvalue weighted by Gasteiger charge is -2.28. The highest BCUT2D eigenvalue weighted by Gasteiger charge is 2.50. The highest BCUT2D eigenvalue weighted by atomic mass is 32.1. The van der Waals surface area contributed by atoms with E-state index in [0.29, 0.717) is 29.4 Å². The number of rotatable bonds is 5. The Labute approximate surface area is 195 Å². The van der Waals surface area contributed by atoms with Crippen LogP contribution in [0.25, 0.3) is 10.2 Å². The van der Waals surface area contributed by atoms with Crippen molar-refractivity contribution in [3.05, 3.63) is 60.7 Å². The van der Waals surface area contributed by atoms with Gasteiger partial charge >= 0.3 is 0 Å². The van der Waals surface area contributed by atoms with Crippen molar-refractivity contribution in [1.29, 1.82) is 0 Å². The number of benzene rings is 2. The molecule has 0 saturated carbocycles. The quantitative estimate of drug-likeness (QED) is 0.418. The zero-order chi connectivity index (χ0) is 23.1. The van der Waals surface area contributed by atoms with E-state index in [9.17, 15) is 14.4 Å². The van der Waals surface area contributed by atoms with Crippen LogP contribution >= 0.6 is 11.3 Å². The van der Waals surface area contributed by atoms with Crippen molar-refractivity contribution >= 4 is 50.1 Å². The van der Waals surface area contributed by atoms with Crippen molar-refractivity contribution in [2.75, 3.05) is 12.0 Å². The number of imide groups is 1. The van der Waals surface area contributed by atoms with E-state index in [1.165, 1.54) is 16.2 Å². The topological polar surface area (TPSA) is 79.8 Å². The second kappa shape index (κ2) is 8.44. The molecule has 2 aromatic carbocycles. The Morgan fingerprint density at radius 2 is 1.79 bits per heavy atom. The lowest BCUT2D eigenvalue weighted by atomic mass is 9.85. The standard InChI is InChI=1S/C25H23N3O4S/c1-15(27-23(30)18-10-3-4-11-19(18)24(27)31)22(29)28(16-8-7-9-17(14-16)32-2)25-26-20-12-5-6-13-21(20)33-25/h3-9,12-15,18-19H,10-11H2,1-2H3/t15-,18-,19+/m0/s1. The predicted octanol–water partition coefficient (Wildman–Crippen LogP) is 4.31. The average Bonchev–Trinajstić information content (AvgIpc) is 3.37. The number of methoxy groups -OCH3 is 1. The van der Waals surface area contributed by atoms with Gasteiger partial charge in [0, 0.05) is 6.07 Å².